The number of furan rings is 1. The summed E-state index contributed by atoms with van der Waals surface area (Å²) in [6.07, 6.45) is 3.92. The van der Waals surface area contributed by atoms with Crippen LogP contribution in [-0.2, 0) is 15.9 Å². The molecule has 1 atom stereocenters. The molecule has 0 bridgehead atoms. The molecular weight excluding hydrogens is 395 g/mol. The molecule has 30 heavy (non-hydrogen) atoms. The number of carbonyl (C=O) groups is 1. The average molecular weight is 422 g/mol. The number of carbonyl (C=O) groups excluding carboxylic acids is 1. The quantitative estimate of drug-likeness (QED) is 0.566. The molecule has 0 aliphatic carbocycles. The molecule has 0 saturated carbocycles. The van der Waals surface area contributed by atoms with Crippen molar-refractivity contribution in [3.8, 4) is 0 Å². The van der Waals surface area contributed by atoms with Crippen molar-refractivity contribution < 1.29 is 13.8 Å². The van der Waals surface area contributed by atoms with Crippen LogP contribution in [0.3, 0.4) is 0 Å². The van der Waals surface area contributed by atoms with E-state index in [0.29, 0.717) is 19.3 Å². The molecule has 1 aliphatic heterocycles. The molecule has 4 rings (SSSR count). The van der Waals surface area contributed by atoms with Gasteiger partial charge in [-0.25, -0.2) is 0 Å². The summed E-state index contributed by atoms with van der Waals surface area (Å²) in [5.74, 6) is 0.753. The number of rotatable bonds is 8. The first-order chi connectivity index (χ1) is 14.7. The first kappa shape index (κ1) is 20.6. The SMILES string of the molecule is O=C(NCc1ccco1)C1CCCN1CCP(=O)(c1ccccc1)c1ccccc1. The van der Waals surface area contributed by atoms with Crippen LogP contribution in [-0.4, -0.2) is 36.1 Å². The monoisotopic (exact) mass is 422 g/mol. The minimum absolute atomic E-state index is 0.0122. The van der Waals surface area contributed by atoms with Crippen LogP contribution in [0.1, 0.15) is 18.6 Å². The standard InChI is InChI=1S/C24H27N2O3P/c27-24(25-19-20-9-8-17-29-20)23-14-7-15-26(23)16-18-30(28,21-10-3-1-4-11-21)22-12-5-2-6-13-22/h1-6,8-13,17,23H,7,14-16,18-19H2,(H,25,27). The molecule has 1 fully saturated rings. The zero-order chi connectivity index (χ0) is 20.8. The van der Waals surface area contributed by atoms with Crippen LogP contribution >= 0.6 is 7.14 Å². The normalized spacial score (nSPS) is 17.1. The van der Waals surface area contributed by atoms with Gasteiger partial charge in [0.25, 0.3) is 0 Å². The van der Waals surface area contributed by atoms with Crippen LogP contribution in [0, 0.1) is 0 Å². The average Bonchev–Trinajstić information content (AvgIpc) is 3.49. The molecule has 1 unspecified atom stereocenters. The third-order valence-corrected chi connectivity index (χ3v) is 8.83. The van der Waals surface area contributed by atoms with E-state index in [0.717, 1.165) is 35.8 Å². The van der Waals surface area contributed by atoms with Crippen LogP contribution in [0.25, 0.3) is 0 Å². The maximum Gasteiger partial charge on any atom is 0.237 e. The summed E-state index contributed by atoms with van der Waals surface area (Å²) in [6, 6.07) is 22.9. The number of hydrogen-bond acceptors (Lipinski definition) is 4. The van der Waals surface area contributed by atoms with E-state index in [9.17, 15) is 9.36 Å². The van der Waals surface area contributed by atoms with Crippen LogP contribution in [0.15, 0.2) is 83.5 Å². The fraction of sp³-hybridized carbons (Fsp3) is 0.292. The number of nitrogens with zero attached hydrogens (tertiary/aromatic N) is 1. The lowest BCUT2D eigenvalue weighted by Crippen LogP contribution is -2.44. The highest BCUT2D eigenvalue weighted by Crippen LogP contribution is 2.43. The van der Waals surface area contributed by atoms with Gasteiger partial charge in [0, 0.05) is 23.3 Å². The van der Waals surface area contributed by atoms with E-state index in [2.05, 4.69) is 10.2 Å². The fourth-order valence-electron chi connectivity index (χ4n) is 4.11. The first-order valence-corrected chi connectivity index (χ1v) is 12.3. The second-order valence-electron chi connectivity index (χ2n) is 7.63. The van der Waals surface area contributed by atoms with Crippen LogP contribution < -0.4 is 15.9 Å². The van der Waals surface area contributed by atoms with Gasteiger partial charge in [0.2, 0.25) is 5.91 Å². The van der Waals surface area contributed by atoms with E-state index in [1.165, 1.54) is 0 Å². The summed E-state index contributed by atoms with van der Waals surface area (Å²) < 4.78 is 19.5. The van der Waals surface area contributed by atoms with Crippen molar-refractivity contribution in [3.63, 3.8) is 0 Å². The van der Waals surface area contributed by atoms with E-state index in [-0.39, 0.29) is 11.9 Å². The lowest BCUT2D eigenvalue weighted by molar-refractivity contribution is -0.125. The molecule has 1 N–H and O–H groups in total. The Hall–Kier alpha value is -2.62. The topological polar surface area (TPSA) is 62.6 Å². The predicted molar refractivity (Wildman–Crippen MR) is 120 cm³/mol. The molecule has 0 spiro atoms. The Labute approximate surface area is 177 Å². The van der Waals surface area contributed by atoms with Gasteiger partial charge in [-0.3, -0.25) is 9.69 Å². The van der Waals surface area contributed by atoms with Crippen molar-refractivity contribution >= 4 is 23.7 Å². The summed E-state index contributed by atoms with van der Waals surface area (Å²) in [7, 11) is -2.78. The van der Waals surface area contributed by atoms with Gasteiger partial charge < -0.3 is 14.3 Å². The maximum absolute atomic E-state index is 14.2. The zero-order valence-electron chi connectivity index (χ0n) is 16.9. The minimum atomic E-state index is -2.78. The van der Waals surface area contributed by atoms with Crippen molar-refractivity contribution in [1.82, 2.24) is 10.2 Å². The Balaban J connectivity index is 1.46. The molecule has 1 aromatic heterocycles. The van der Waals surface area contributed by atoms with E-state index < -0.39 is 7.14 Å². The smallest absolute Gasteiger partial charge is 0.237 e. The highest BCUT2D eigenvalue weighted by atomic mass is 31.2. The lowest BCUT2D eigenvalue weighted by Gasteiger charge is -2.27. The molecular formula is C24H27N2O3P. The summed E-state index contributed by atoms with van der Waals surface area (Å²) in [6.45, 7) is 1.87. The fourth-order valence-corrected chi connectivity index (χ4v) is 6.77. The van der Waals surface area contributed by atoms with Crippen LogP contribution in [0.4, 0.5) is 0 Å². The Kier molecular flexibility index (Phi) is 6.51. The van der Waals surface area contributed by atoms with Gasteiger partial charge >= 0.3 is 0 Å². The molecule has 2 aromatic carbocycles. The Morgan fingerprint density at radius 1 is 1.00 bits per heavy atom. The molecule has 6 heteroatoms. The second kappa shape index (κ2) is 9.46. The minimum Gasteiger partial charge on any atom is -0.467 e. The molecule has 5 nitrogen and oxygen atoms in total. The lowest BCUT2D eigenvalue weighted by atomic mass is 10.2. The molecule has 156 valence electrons. The maximum atomic E-state index is 14.2. The molecule has 3 aromatic rings. The third kappa shape index (κ3) is 4.58. The summed E-state index contributed by atoms with van der Waals surface area (Å²) in [5, 5.41) is 4.71. The van der Waals surface area contributed by atoms with Crippen molar-refractivity contribution in [2.75, 3.05) is 19.3 Å². The van der Waals surface area contributed by atoms with Gasteiger partial charge in [-0.15, -0.1) is 0 Å². The Morgan fingerprint density at radius 2 is 1.67 bits per heavy atom. The summed E-state index contributed by atoms with van der Waals surface area (Å²) in [4.78, 5) is 14.9. The number of benzene rings is 2. The van der Waals surface area contributed by atoms with Crippen LogP contribution in [0.2, 0.25) is 0 Å². The number of hydrogen-bond donors (Lipinski definition) is 1. The van der Waals surface area contributed by atoms with Gasteiger partial charge in [0.05, 0.1) is 18.8 Å². The zero-order valence-corrected chi connectivity index (χ0v) is 17.8. The summed E-state index contributed by atoms with van der Waals surface area (Å²) in [5.41, 5.74) is 0. The molecule has 2 heterocycles. The molecule has 1 saturated heterocycles. The largest absolute Gasteiger partial charge is 0.467 e. The highest BCUT2D eigenvalue weighted by Gasteiger charge is 2.34. The molecule has 1 amide bonds. The highest BCUT2D eigenvalue weighted by molar-refractivity contribution is 7.78. The number of likely N-dealkylation sites (tertiary alicyclic amines) is 1. The molecule has 1 aliphatic rings. The first-order valence-electron chi connectivity index (χ1n) is 10.4. The van der Waals surface area contributed by atoms with Gasteiger partial charge in [0.1, 0.15) is 12.9 Å². The predicted octanol–water partition coefficient (Wildman–Crippen LogP) is 3.37. The number of nitrogens with one attached hydrogen (secondary N) is 1. The Morgan fingerprint density at radius 3 is 2.27 bits per heavy atom. The van der Waals surface area contributed by atoms with Crippen molar-refractivity contribution in [2.45, 2.75) is 25.4 Å². The van der Waals surface area contributed by atoms with Crippen molar-refractivity contribution in [2.24, 2.45) is 0 Å². The van der Waals surface area contributed by atoms with E-state index in [4.69, 9.17) is 4.42 Å². The number of amides is 1. The van der Waals surface area contributed by atoms with Gasteiger partial charge in [-0.1, -0.05) is 60.7 Å². The van der Waals surface area contributed by atoms with Gasteiger partial charge in [-0.2, -0.15) is 0 Å². The van der Waals surface area contributed by atoms with Crippen molar-refractivity contribution in [3.05, 3.63) is 84.8 Å². The molecule has 0 radical (unpaired) electrons. The van der Waals surface area contributed by atoms with Crippen LogP contribution in [0.5, 0.6) is 0 Å². The second-order valence-corrected chi connectivity index (χ2v) is 10.6. The van der Waals surface area contributed by atoms with E-state index >= 15 is 0 Å². The van der Waals surface area contributed by atoms with E-state index in [1.54, 1.807) is 6.26 Å². The van der Waals surface area contributed by atoms with Gasteiger partial charge in [-0.05, 0) is 31.5 Å². The Bertz CT molecular complexity index is 946. The summed E-state index contributed by atoms with van der Waals surface area (Å²) >= 11 is 0. The van der Waals surface area contributed by atoms with Crippen molar-refractivity contribution in [1.29, 1.82) is 0 Å². The van der Waals surface area contributed by atoms with E-state index in [1.807, 2.05) is 72.8 Å². The van der Waals surface area contributed by atoms with Gasteiger partial charge in [0.15, 0.2) is 0 Å². The third-order valence-electron chi connectivity index (χ3n) is 5.73.